The Bertz CT molecular complexity index is 1200. The SMILES string of the molecule is O=C(O)c1cccc2[nH]c(NCc3cc(C#Cc4ccccc4)ccn3)nc12. The van der Waals surface area contributed by atoms with Crippen LogP contribution in [-0.4, -0.2) is 26.0 Å². The third-order valence-electron chi connectivity index (χ3n) is 4.12. The molecule has 0 spiro atoms. The van der Waals surface area contributed by atoms with Gasteiger partial charge in [0.15, 0.2) is 0 Å². The number of nitrogens with one attached hydrogen (secondary N) is 2. The van der Waals surface area contributed by atoms with Gasteiger partial charge in [-0.05, 0) is 36.4 Å². The Morgan fingerprint density at radius 2 is 1.86 bits per heavy atom. The summed E-state index contributed by atoms with van der Waals surface area (Å²) in [7, 11) is 0. The fraction of sp³-hybridized carbons (Fsp3) is 0.0455. The van der Waals surface area contributed by atoms with Crippen LogP contribution in [-0.2, 0) is 6.54 Å². The summed E-state index contributed by atoms with van der Waals surface area (Å²) in [5, 5.41) is 12.4. The third-order valence-corrected chi connectivity index (χ3v) is 4.12. The van der Waals surface area contributed by atoms with E-state index in [0.29, 0.717) is 23.5 Å². The summed E-state index contributed by atoms with van der Waals surface area (Å²) >= 11 is 0. The van der Waals surface area contributed by atoms with Gasteiger partial charge in [0.05, 0.1) is 23.3 Å². The normalized spacial score (nSPS) is 10.3. The first-order valence-electron chi connectivity index (χ1n) is 8.67. The minimum absolute atomic E-state index is 0.165. The molecule has 0 aliphatic rings. The Morgan fingerprint density at radius 3 is 2.68 bits per heavy atom. The Balaban J connectivity index is 1.50. The second-order valence-corrected chi connectivity index (χ2v) is 6.10. The van der Waals surface area contributed by atoms with Gasteiger partial charge in [-0.1, -0.05) is 36.1 Å². The maximum atomic E-state index is 11.3. The van der Waals surface area contributed by atoms with Crippen LogP contribution >= 0.6 is 0 Å². The maximum Gasteiger partial charge on any atom is 0.337 e. The Labute approximate surface area is 161 Å². The lowest BCUT2D eigenvalue weighted by atomic mass is 10.2. The van der Waals surface area contributed by atoms with Crippen molar-refractivity contribution in [2.24, 2.45) is 0 Å². The highest BCUT2D eigenvalue weighted by Gasteiger charge is 2.12. The molecule has 4 aromatic rings. The number of anilines is 1. The number of para-hydroxylation sites is 1. The van der Waals surface area contributed by atoms with Gasteiger partial charge >= 0.3 is 5.97 Å². The number of aromatic amines is 1. The van der Waals surface area contributed by atoms with Gasteiger partial charge in [0.2, 0.25) is 5.95 Å². The maximum absolute atomic E-state index is 11.3. The minimum Gasteiger partial charge on any atom is -0.478 e. The molecule has 0 saturated heterocycles. The number of hydrogen-bond donors (Lipinski definition) is 3. The minimum atomic E-state index is -1.00. The summed E-state index contributed by atoms with van der Waals surface area (Å²) in [6.07, 6.45) is 1.72. The first kappa shape index (κ1) is 17.3. The molecule has 0 saturated carbocycles. The average molecular weight is 368 g/mol. The fourth-order valence-electron chi connectivity index (χ4n) is 2.78. The van der Waals surface area contributed by atoms with E-state index in [0.717, 1.165) is 16.8 Å². The van der Waals surface area contributed by atoms with Gasteiger partial charge in [0, 0.05) is 17.3 Å². The second-order valence-electron chi connectivity index (χ2n) is 6.10. The van der Waals surface area contributed by atoms with Crippen LogP contribution in [0.3, 0.4) is 0 Å². The highest BCUT2D eigenvalue weighted by Crippen LogP contribution is 2.19. The lowest BCUT2D eigenvalue weighted by Gasteiger charge is -2.02. The number of fused-ring (bicyclic) bond motifs is 1. The molecule has 2 aromatic carbocycles. The predicted octanol–water partition coefficient (Wildman–Crippen LogP) is 3.67. The van der Waals surface area contributed by atoms with Crippen molar-refractivity contribution in [3.05, 3.63) is 89.2 Å². The van der Waals surface area contributed by atoms with Gasteiger partial charge in [-0.25, -0.2) is 9.78 Å². The Hall–Kier alpha value is -4.11. The van der Waals surface area contributed by atoms with Crippen LogP contribution in [0.5, 0.6) is 0 Å². The smallest absolute Gasteiger partial charge is 0.337 e. The number of H-pyrrole nitrogens is 1. The van der Waals surface area contributed by atoms with Crippen molar-refractivity contribution in [2.75, 3.05) is 5.32 Å². The molecule has 0 bridgehead atoms. The molecule has 0 unspecified atom stereocenters. The van der Waals surface area contributed by atoms with E-state index in [9.17, 15) is 9.90 Å². The number of pyridine rings is 1. The van der Waals surface area contributed by atoms with Crippen LogP contribution in [0.4, 0.5) is 5.95 Å². The molecule has 136 valence electrons. The lowest BCUT2D eigenvalue weighted by Crippen LogP contribution is -2.03. The molecule has 3 N–H and O–H groups in total. The third kappa shape index (κ3) is 3.84. The van der Waals surface area contributed by atoms with E-state index in [4.69, 9.17) is 0 Å². The van der Waals surface area contributed by atoms with Gasteiger partial charge in [-0.15, -0.1) is 0 Å². The van der Waals surface area contributed by atoms with Crippen LogP contribution in [0, 0.1) is 11.8 Å². The number of aromatic nitrogens is 3. The van der Waals surface area contributed by atoms with Gasteiger partial charge in [-0.3, -0.25) is 4.98 Å². The highest BCUT2D eigenvalue weighted by molar-refractivity contribution is 6.01. The van der Waals surface area contributed by atoms with Crippen molar-refractivity contribution in [2.45, 2.75) is 6.54 Å². The van der Waals surface area contributed by atoms with Crippen molar-refractivity contribution < 1.29 is 9.90 Å². The molecule has 0 radical (unpaired) electrons. The summed E-state index contributed by atoms with van der Waals surface area (Å²) in [6.45, 7) is 0.434. The van der Waals surface area contributed by atoms with Crippen molar-refractivity contribution in [3.63, 3.8) is 0 Å². The van der Waals surface area contributed by atoms with Gasteiger partial charge in [0.1, 0.15) is 5.52 Å². The van der Waals surface area contributed by atoms with Crippen LogP contribution in [0.15, 0.2) is 66.9 Å². The molecule has 6 nitrogen and oxygen atoms in total. The summed E-state index contributed by atoms with van der Waals surface area (Å²) in [6, 6.07) is 18.6. The molecule has 0 amide bonds. The van der Waals surface area contributed by atoms with Crippen LogP contribution < -0.4 is 5.32 Å². The number of nitrogens with zero attached hydrogens (tertiary/aromatic N) is 2. The molecule has 6 heteroatoms. The van der Waals surface area contributed by atoms with Crippen molar-refractivity contribution in [3.8, 4) is 11.8 Å². The van der Waals surface area contributed by atoms with Crippen LogP contribution in [0.25, 0.3) is 11.0 Å². The molecule has 2 heterocycles. The van der Waals surface area contributed by atoms with Crippen molar-refractivity contribution >= 4 is 23.0 Å². The number of aromatic carboxylic acids is 1. The van der Waals surface area contributed by atoms with Crippen molar-refractivity contribution in [1.29, 1.82) is 0 Å². The Kier molecular flexibility index (Phi) is 4.72. The molecule has 0 aliphatic carbocycles. The number of benzene rings is 2. The van der Waals surface area contributed by atoms with E-state index >= 15 is 0 Å². The number of rotatable bonds is 4. The van der Waals surface area contributed by atoms with Gasteiger partial charge < -0.3 is 15.4 Å². The number of carbonyl (C=O) groups is 1. The highest BCUT2D eigenvalue weighted by atomic mass is 16.4. The van der Waals surface area contributed by atoms with Crippen LogP contribution in [0.1, 0.15) is 27.2 Å². The fourth-order valence-corrected chi connectivity index (χ4v) is 2.78. The van der Waals surface area contributed by atoms with E-state index in [2.05, 4.69) is 32.1 Å². The van der Waals surface area contributed by atoms with E-state index in [-0.39, 0.29) is 5.56 Å². The zero-order valence-corrected chi connectivity index (χ0v) is 14.8. The summed E-state index contributed by atoms with van der Waals surface area (Å²) in [5.74, 6) is 5.75. The molecular weight excluding hydrogens is 352 g/mol. The van der Waals surface area contributed by atoms with E-state index in [1.54, 1.807) is 18.3 Å². The standard InChI is InChI=1S/C22H16N4O2/c27-21(28)18-7-4-8-19-20(18)26-22(25-19)24-14-17-13-16(11-12-23-17)10-9-15-5-2-1-3-6-15/h1-8,11-13H,14H2,(H,27,28)(H2,24,25,26). The molecule has 28 heavy (non-hydrogen) atoms. The number of hydrogen-bond acceptors (Lipinski definition) is 4. The van der Waals surface area contributed by atoms with Crippen LogP contribution in [0.2, 0.25) is 0 Å². The monoisotopic (exact) mass is 368 g/mol. The lowest BCUT2D eigenvalue weighted by molar-refractivity contribution is 0.0699. The topological polar surface area (TPSA) is 90.9 Å². The predicted molar refractivity (Wildman–Crippen MR) is 107 cm³/mol. The molecule has 0 aliphatic heterocycles. The number of carboxylic acid groups (broad SMARTS) is 1. The van der Waals surface area contributed by atoms with E-state index < -0.39 is 5.97 Å². The molecular formula is C22H16N4O2. The quantitative estimate of drug-likeness (QED) is 0.478. The van der Waals surface area contributed by atoms with Gasteiger partial charge in [0.25, 0.3) is 0 Å². The first-order chi connectivity index (χ1) is 13.7. The first-order valence-corrected chi connectivity index (χ1v) is 8.67. The summed E-state index contributed by atoms with van der Waals surface area (Å²) in [5.41, 5.74) is 3.88. The molecule has 2 aromatic heterocycles. The summed E-state index contributed by atoms with van der Waals surface area (Å²) in [4.78, 5) is 23.1. The van der Waals surface area contributed by atoms with E-state index in [1.807, 2.05) is 42.5 Å². The molecule has 4 rings (SSSR count). The zero-order chi connectivity index (χ0) is 19.3. The largest absolute Gasteiger partial charge is 0.478 e. The number of carboxylic acids is 1. The zero-order valence-electron chi connectivity index (χ0n) is 14.8. The van der Waals surface area contributed by atoms with E-state index in [1.165, 1.54) is 6.07 Å². The molecule has 0 fully saturated rings. The number of imidazole rings is 1. The molecule has 0 atom stereocenters. The van der Waals surface area contributed by atoms with Crippen molar-refractivity contribution in [1.82, 2.24) is 15.0 Å². The summed E-state index contributed by atoms with van der Waals surface area (Å²) < 4.78 is 0. The second kappa shape index (κ2) is 7.64. The average Bonchev–Trinajstić information content (AvgIpc) is 3.15. The Morgan fingerprint density at radius 1 is 1.04 bits per heavy atom. The van der Waals surface area contributed by atoms with Gasteiger partial charge in [-0.2, -0.15) is 0 Å².